The molecule has 0 aliphatic carbocycles. The van der Waals surface area contributed by atoms with E-state index in [0.29, 0.717) is 35.6 Å². The first-order valence-corrected chi connectivity index (χ1v) is 10.2. The van der Waals surface area contributed by atoms with E-state index in [1.165, 1.54) is 11.8 Å². The Morgan fingerprint density at radius 3 is 3.04 bits per heavy atom. The van der Waals surface area contributed by atoms with Crippen LogP contribution < -0.4 is 0 Å². The zero-order valence-corrected chi connectivity index (χ0v) is 16.6. The molecular weight excluding hydrogens is 438 g/mol. The Morgan fingerprint density at radius 1 is 1.38 bits per heavy atom. The molecule has 0 spiro atoms. The van der Waals surface area contributed by atoms with Crippen LogP contribution in [0.4, 0.5) is 0 Å². The number of hydrogen-bond acceptors (Lipinski definition) is 8. The number of hydrogen-bond donors (Lipinski definition) is 0. The van der Waals surface area contributed by atoms with Crippen molar-refractivity contribution >= 4 is 39.0 Å². The molecule has 0 bridgehead atoms. The average Bonchev–Trinajstić information content (AvgIpc) is 3.41. The highest BCUT2D eigenvalue weighted by Crippen LogP contribution is 2.30. The van der Waals surface area contributed by atoms with E-state index in [2.05, 4.69) is 42.8 Å². The topological polar surface area (TPSA) is 82.8 Å². The molecule has 0 radical (unpaired) electrons. The fourth-order valence-electron chi connectivity index (χ4n) is 2.25. The molecule has 0 aromatic carbocycles. The van der Waals surface area contributed by atoms with Crippen LogP contribution in [0.15, 0.2) is 61.1 Å². The maximum absolute atomic E-state index is 5.43. The highest BCUT2D eigenvalue weighted by Gasteiger charge is 2.17. The first-order chi connectivity index (χ1) is 12.7. The zero-order chi connectivity index (χ0) is 17.9. The summed E-state index contributed by atoms with van der Waals surface area (Å²) in [7, 11) is 0. The molecule has 4 aromatic heterocycles. The highest BCUT2D eigenvalue weighted by atomic mass is 79.9. The highest BCUT2D eigenvalue weighted by molar-refractivity contribution is 9.10. The SMILES string of the molecule is C=CCn1c(SCc2nc(-c3cc(Br)cs3)no2)nnc1-c1ccco1. The molecule has 0 saturated heterocycles. The predicted molar refractivity (Wildman–Crippen MR) is 103 cm³/mol. The van der Waals surface area contributed by atoms with E-state index in [1.54, 1.807) is 23.7 Å². The normalized spacial score (nSPS) is 11.1. The minimum absolute atomic E-state index is 0.493. The fourth-order valence-corrected chi connectivity index (χ4v) is 4.38. The van der Waals surface area contributed by atoms with Gasteiger partial charge in [-0.1, -0.05) is 23.0 Å². The van der Waals surface area contributed by atoms with Gasteiger partial charge >= 0.3 is 0 Å². The molecule has 0 aliphatic rings. The Balaban J connectivity index is 1.51. The number of aromatic nitrogens is 5. The Kier molecular flexibility index (Phi) is 5.05. The Hall–Kier alpha value is -2.17. The molecule has 7 nitrogen and oxygen atoms in total. The van der Waals surface area contributed by atoms with Crippen molar-refractivity contribution in [1.82, 2.24) is 24.9 Å². The molecule has 0 atom stereocenters. The number of furan rings is 1. The van der Waals surface area contributed by atoms with Crippen molar-refractivity contribution < 1.29 is 8.94 Å². The van der Waals surface area contributed by atoms with Crippen molar-refractivity contribution in [3.8, 4) is 22.3 Å². The summed E-state index contributed by atoms with van der Waals surface area (Å²) < 4.78 is 13.7. The van der Waals surface area contributed by atoms with E-state index >= 15 is 0 Å². The first-order valence-electron chi connectivity index (χ1n) is 7.52. The van der Waals surface area contributed by atoms with E-state index in [-0.39, 0.29) is 0 Å². The molecule has 132 valence electrons. The molecule has 0 unspecified atom stereocenters. The standard InChI is InChI=1S/C16H12BrN5O2S2/c1-2-5-22-15(11-4-3-6-23-11)19-20-16(22)26-9-13-18-14(21-24-13)12-7-10(17)8-25-12/h2-4,6-8H,1,5,9H2. The van der Waals surface area contributed by atoms with Crippen molar-refractivity contribution in [1.29, 1.82) is 0 Å². The predicted octanol–water partition coefficient (Wildman–Crippen LogP) is 4.89. The molecular formula is C16H12BrN5O2S2. The van der Waals surface area contributed by atoms with Crippen LogP contribution >= 0.6 is 39.0 Å². The van der Waals surface area contributed by atoms with Crippen LogP contribution in [-0.2, 0) is 12.3 Å². The van der Waals surface area contributed by atoms with Gasteiger partial charge in [0.05, 0.1) is 16.9 Å². The quantitative estimate of drug-likeness (QED) is 0.293. The summed E-state index contributed by atoms with van der Waals surface area (Å²) in [5.74, 6) is 2.93. The second kappa shape index (κ2) is 7.60. The van der Waals surface area contributed by atoms with Crippen molar-refractivity contribution in [2.24, 2.45) is 0 Å². The van der Waals surface area contributed by atoms with E-state index in [9.17, 15) is 0 Å². The molecule has 4 aromatic rings. The minimum atomic E-state index is 0.493. The van der Waals surface area contributed by atoms with Crippen molar-refractivity contribution in [3.63, 3.8) is 0 Å². The second-order valence-corrected chi connectivity index (χ2v) is 7.88. The van der Waals surface area contributed by atoms with E-state index < -0.39 is 0 Å². The van der Waals surface area contributed by atoms with Crippen LogP contribution in [0, 0.1) is 0 Å². The number of thiophene rings is 1. The number of rotatable bonds is 7. The number of allylic oxidation sites excluding steroid dienone is 1. The molecule has 0 fully saturated rings. The Labute approximate surface area is 165 Å². The summed E-state index contributed by atoms with van der Waals surface area (Å²) in [6.07, 6.45) is 3.40. The van der Waals surface area contributed by atoms with Crippen LogP contribution in [0.3, 0.4) is 0 Å². The van der Waals surface area contributed by atoms with Crippen LogP contribution in [0.2, 0.25) is 0 Å². The van der Waals surface area contributed by atoms with Crippen LogP contribution in [0.25, 0.3) is 22.3 Å². The average molecular weight is 450 g/mol. The van der Waals surface area contributed by atoms with E-state index in [0.717, 1.165) is 14.5 Å². The monoisotopic (exact) mass is 449 g/mol. The lowest BCUT2D eigenvalue weighted by Gasteiger charge is -2.04. The number of halogens is 1. The molecule has 4 rings (SSSR count). The smallest absolute Gasteiger partial charge is 0.237 e. The van der Waals surface area contributed by atoms with Gasteiger partial charge in [-0.15, -0.1) is 28.1 Å². The van der Waals surface area contributed by atoms with Gasteiger partial charge in [-0.3, -0.25) is 4.57 Å². The third-order valence-electron chi connectivity index (χ3n) is 3.35. The molecule has 0 amide bonds. The van der Waals surface area contributed by atoms with Gasteiger partial charge in [-0.05, 0) is 34.1 Å². The van der Waals surface area contributed by atoms with Crippen molar-refractivity contribution in [2.45, 2.75) is 17.5 Å². The Bertz CT molecular complexity index is 1020. The lowest BCUT2D eigenvalue weighted by molar-refractivity contribution is 0.391. The molecule has 10 heteroatoms. The lowest BCUT2D eigenvalue weighted by Crippen LogP contribution is -2.00. The van der Waals surface area contributed by atoms with Gasteiger partial charge < -0.3 is 8.94 Å². The second-order valence-electron chi connectivity index (χ2n) is 5.11. The van der Waals surface area contributed by atoms with Crippen molar-refractivity contribution in [2.75, 3.05) is 0 Å². The Morgan fingerprint density at radius 2 is 2.31 bits per heavy atom. The number of thioether (sulfide) groups is 1. The molecule has 26 heavy (non-hydrogen) atoms. The summed E-state index contributed by atoms with van der Waals surface area (Å²) >= 11 is 6.45. The van der Waals surface area contributed by atoms with Gasteiger partial charge in [-0.25, -0.2) is 0 Å². The van der Waals surface area contributed by atoms with Gasteiger partial charge in [0.1, 0.15) is 0 Å². The first kappa shape index (κ1) is 17.3. The summed E-state index contributed by atoms with van der Waals surface area (Å²) in [5.41, 5.74) is 0. The minimum Gasteiger partial charge on any atom is -0.461 e. The molecule has 4 heterocycles. The van der Waals surface area contributed by atoms with Crippen LogP contribution in [-0.4, -0.2) is 24.9 Å². The maximum atomic E-state index is 5.43. The zero-order valence-electron chi connectivity index (χ0n) is 13.3. The van der Waals surface area contributed by atoms with Crippen LogP contribution in [0.1, 0.15) is 5.89 Å². The summed E-state index contributed by atoms with van der Waals surface area (Å²) in [6, 6.07) is 5.63. The summed E-state index contributed by atoms with van der Waals surface area (Å²) in [6.45, 7) is 4.37. The lowest BCUT2D eigenvalue weighted by atomic mass is 10.4. The van der Waals surface area contributed by atoms with Gasteiger partial charge in [-0.2, -0.15) is 4.98 Å². The summed E-state index contributed by atoms with van der Waals surface area (Å²) in [4.78, 5) is 5.39. The molecule has 0 N–H and O–H groups in total. The molecule has 0 saturated carbocycles. The third-order valence-corrected chi connectivity index (χ3v) is 5.99. The maximum Gasteiger partial charge on any atom is 0.237 e. The van der Waals surface area contributed by atoms with E-state index in [4.69, 9.17) is 8.94 Å². The third kappa shape index (κ3) is 3.53. The van der Waals surface area contributed by atoms with Gasteiger partial charge in [0.2, 0.25) is 17.5 Å². The largest absolute Gasteiger partial charge is 0.461 e. The van der Waals surface area contributed by atoms with Gasteiger partial charge in [0, 0.05) is 16.4 Å². The van der Waals surface area contributed by atoms with Gasteiger partial charge in [0.25, 0.3) is 0 Å². The number of nitrogens with zero attached hydrogens (tertiary/aromatic N) is 5. The van der Waals surface area contributed by atoms with Crippen LogP contribution in [0.5, 0.6) is 0 Å². The molecule has 0 aliphatic heterocycles. The van der Waals surface area contributed by atoms with E-state index in [1.807, 2.05) is 28.1 Å². The van der Waals surface area contributed by atoms with Crippen molar-refractivity contribution in [3.05, 3.63) is 52.9 Å². The summed E-state index contributed by atoms with van der Waals surface area (Å²) in [5, 5.41) is 15.2. The van der Waals surface area contributed by atoms with Gasteiger partial charge in [0.15, 0.2) is 10.9 Å². The fraction of sp³-hybridized carbons (Fsp3) is 0.125.